The van der Waals surface area contributed by atoms with E-state index in [0.29, 0.717) is 28.6 Å². The van der Waals surface area contributed by atoms with Crippen LogP contribution in [0.2, 0.25) is 5.02 Å². The predicted octanol–water partition coefficient (Wildman–Crippen LogP) is 3.86. The number of anilines is 2. The number of nitrogen functional groups attached to an aromatic ring is 1. The first-order chi connectivity index (χ1) is 15.0. The number of hydrogen-bond donors (Lipinski definition) is 4. The van der Waals surface area contributed by atoms with Crippen LogP contribution in [0.1, 0.15) is 17.2 Å². The Morgan fingerprint density at radius 2 is 1.90 bits per heavy atom. The Hall–Kier alpha value is -3.62. The molecule has 1 heterocycles. The first kappa shape index (κ1) is 22.1. The van der Waals surface area contributed by atoms with Crippen LogP contribution in [0, 0.1) is 0 Å². The molecule has 0 saturated carbocycles. The monoisotopic (exact) mass is 438 g/mol. The SMILES string of the molecule is COC[C@@H](NC(=O)Nc1cc(N)c(C(N)=Nc2ccccc2Cl)cn1)c1ccccc1. The lowest BCUT2D eigenvalue weighted by atomic mass is 10.1. The maximum atomic E-state index is 12.5. The van der Waals surface area contributed by atoms with Crippen molar-refractivity contribution >= 4 is 40.7 Å². The molecule has 0 aliphatic heterocycles. The van der Waals surface area contributed by atoms with Crippen molar-refractivity contribution in [3.05, 3.63) is 83.0 Å². The second-order valence-corrected chi connectivity index (χ2v) is 7.03. The van der Waals surface area contributed by atoms with E-state index < -0.39 is 6.03 Å². The average molecular weight is 439 g/mol. The zero-order valence-corrected chi connectivity index (χ0v) is 17.6. The number of nitrogens with two attached hydrogens (primary N) is 2. The number of carbonyl (C=O) groups is 1. The fourth-order valence-corrected chi connectivity index (χ4v) is 3.05. The second-order valence-electron chi connectivity index (χ2n) is 6.62. The standard InChI is InChI=1S/C22H23ClN6O2/c1-31-13-19(14-7-3-2-4-8-14)28-22(30)29-20-11-17(24)15(12-26-20)21(25)27-18-10-6-5-9-16(18)23/h2-12,19H,13H2,1H3,(H2,25,27)(H4,24,26,28,29,30)/t19-/m1/s1. The summed E-state index contributed by atoms with van der Waals surface area (Å²) >= 11 is 6.11. The number of benzene rings is 2. The highest BCUT2D eigenvalue weighted by Crippen LogP contribution is 2.25. The quantitative estimate of drug-likeness (QED) is 0.329. The molecule has 1 aromatic heterocycles. The van der Waals surface area contributed by atoms with Gasteiger partial charge in [0.05, 0.1) is 28.9 Å². The summed E-state index contributed by atoms with van der Waals surface area (Å²) in [4.78, 5) is 21.0. The lowest BCUT2D eigenvalue weighted by Crippen LogP contribution is -2.35. The molecule has 0 radical (unpaired) electrons. The molecule has 2 aromatic carbocycles. The molecule has 31 heavy (non-hydrogen) atoms. The number of methoxy groups -OCH3 is 1. The number of pyridine rings is 1. The average Bonchev–Trinajstić information content (AvgIpc) is 2.75. The molecule has 0 spiro atoms. The fraction of sp³-hybridized carbons (Fsp3) is 0.136. The minimum atomic E-state index is -0.441. The molecule has 9 heteroatoms. The van der Waals surface area contributed by atoms with Crippen LogP contribution in [0.15, 0.2) is 71.9 Å². The Morgan fingerprint density at radius 3 is 2.58 bits per heavy atom. The minimum Gasteiger partial charge on any atom is -0.398 e. The normalized spacial score (nSPS) is 12.3. The van der Waals surface area contributed by atoms with Crippen LogP contribution in [-0.2, 0) is 4.74 Å². The number of nitrogens with one attached hydrogen (secondary N) is 2. The van der Waals surface area contributed by atoms with Crippen LogP contribution in [-0.4, -0.2) is 30.6 Å². The van der Waals surface area contributed by atoms with E-state index in [9.17, 15) is 4.79 Å². The summed E-state index contributed by atoms with van der Waals surface area (Å²) in [6.07, 6.45) is 1.45. The van der Waals surface area contributed by atoms with Gasteiger partial charge in [0.15, 0.2) is 0 Å². The topological polar surface area (TPSA) is 128 Å². The largest absolute Gasteiger partial charge is 0.398 e. The molecule has 1 atom stereocenters. The number of ether oxygens (including phenoxy) is 1. The number of para-hydroxylation sites is 1. The maximum Gasteiger partial charge on any atom is 0.320 e. The Morgan fingerprint density at radius 1 is 1.19 bits per heavy atom. The Kier molecular flexibility index (Phi) is 7.42. The summed E-state index contributed by atoms with van der Waals surface area (Å²) in [6, 6.07) is 17.3. The molecule has 8 nitrogen and oxygen atoms in total. The van der Waals surface area contributed by atoms with Gasteiger partial charge < -0.3 is 21.5 Å². The van der Waals surface area contributed by atoms with Crippen LogP contribution in [0.4, 0.5) is 22.0 Å². The highest BCUT2D eigenvalue weighted by atomic mass is 35.5. The Bertz CT molecular complexity index is 1070. The third kappa shape index (κ3) is 5.94. The lowest BCUT2D eigenvalue weighted by Gasteiger charge is -2.18. The molecule has 0 fully saturated rings. The molecule has 160 valence electrons. The number of hydrogen-bond acceptors (Lipinski definition) is 5. The third-order valence-corrected chi connectivity index (χ3v) is 4.71. The number of amidine groups is 1. The van der Waals surface area contributed by atoms with E-state index in [4.69, 9.17) is 27.8 Å². The summed E-state index contributed by atoms with van der Waals surface area (Å²) < 4.78 is 5.21. The third-order valence-electron chi connectivity index (χ3n) is 4.39. The first-order valence-electron chi connectivity index (χ1n) is 9.44. The number of amides is 2. The predicted molar refractivity (Wildman–Crippen MR) is 124 cm³/mol. The first-order valence-corrected chi connectivity index (χ1v) is 9.81. The van der Waals surface area contributed by atoms with E-state index in [1.54, 1.807) is 31.4 Å². The Balaban J connectivity index is 1.71. The number of rotatable bonds is 7. The lowest BCUT2D eigenvalue weighted by molar-refractivity contribution is 0.168. The van der Waals surface area contributed by atoms with Crippen molar-refractivity contribution in [3.63, 3.8) is 0 Å². The molecule has 3 rings (SSSR count). The van der Waals surface area contributed by atoms with Crippen LogP contribution in [0.3, 0.4) is 0 Å². The smallest absolute Gasteiger partial charge is 0.320 e. The van der Waals surface area contributed by atoms with Gasteiger partial charge in [0.25, 0.3) is 0 Å². The van der Waals surface area contributed by atoms with Gasteiger partial charge in [-0.2, -0.15) is 0 Å². The van der Waals surface area contributed by atoms with Gasteiger partial charge in [-0.1, -0.05) is 54.1 Å². The van der Waals surface area contributed by atoms with Gasteiger partial charge in [-0.05, 0) is 17.7 Å². The summed E-state index contributed by atoms with van der Waals surface area (Å²) in [5.41, 5.74) is 14.4. The van der Waals surface area contributed by atoms with Crippen LogP contribution < -0.4 is 22.1 Å². The minimum absolute atomic E-state index is 0.165. The molecule has 0 saturated heterocycles. The molecule has 0 aliphatic rings. The van der Waals surface area contributed by atoms with Crippen molar-refractivity contribution < 1.29 is 9.53 Å². The molecule has 0 bridgehead atoms. The van der Waals surface area contributed by atoms with Crippen molar-refractivity contribution in [1.82, 2.24) is 10.3 Å². The van der Waals surface area contributed by atoms with Crippen LogP contribution in [0.25, 0.3) is 0 Å². The number of aliphatic imine (C=N–C) groups is 1. The number of halogens is 1. The Labute approximate surface area is 185 Å². The van der Waals surface area contributed by atoms with Gasteiger partial charge in [0, 0.05) is 25.1 Å². The molecular weight excluding hydrogens is 416 g/mol. The van der Waals surface area contributed by atoms with E-state index in [0.717, 1.165) is 5.56 Å². The van der Waals surface area contributed by atoms with Crippen LogP contribution in [0.5, 0.6) is 0 Å². The summed E-state index contributed by atoms with van der Waals surface area (Å²) in [5.74, 6) is 0.437. The number of carbonyl (C=O) groups excluding carboxylic acids is 1. The summed E-state index contributed by atoms with van der Waals surface area (Å²) in [5, 5.41) is 6.00. The van der Waals surface area contributed by atoms with Crippen molar-refractivity contribution in [3.8, 4) is 0 Å². The van der Waals surface area contributed by atoms with E-state index in [1.807, 2.05) is 30.3 Å². The second kappa shape index (κ2) is 10.4. The number of nitrogens with zero attached hydrogens (tertiary/aromatic N) is 2. The van der Waals surface area contributed by atoms with Crippen molar-refractivity contribution in [2.24, 2.45) is 10.7 Å². The molecule has 3 aromatic rings. The van der Waals surface area contributed by atoms with Gasteiger partial charge in [-0.25, -0.2) is 14.8 Å². The molecule has 2 amide bonds. The van der Waals surface area contributed by atoms with Gasteiger partial charge in [0.1, 0.15) is 11.7 Å². The zero-order valence-electron chi connectivity index (χ0n) is 16.9. The molecule has 0 aliphatic carbocycles. The van der Waals surface area contributed by atoms with Crippen molar-refractivity contribution in [2.45, 2.75) is 6.04 Å². The van der Waals surface area contributed by atoms with Gasteiger partial charge in [-0.15, -0.1) is 0 Å². The summed E-state index contributed by atoms with van der Waals surface area (Å²) in [6.45, 7) is 0.320. The summed E-state index contributed by atoms with van der Waals surface area (Å²) in [7, 11) is 1.57. The maximum absolute atomic E-state index is 12.5. The van der Waals surface area contributed by atoms with E-state index in [1.165, 1.54) is 12.3 Å². The van der Waals surface area contributed by atoms with Crippen LogP contribution >= 0.6 is 11.6 Å². The molecule has 0 unspecified atom stereocenters. The van der Waals surface area contributed by atoms with Crippen molar-refractivity contribution in [1.29, 1.82) is 0 Å². The molecule has 6 N–H and O–H groups in total. The fourth-order valence-electron chi connectivity index (χ4n) is 2.87. The van der Waals surface area contributed by atoms with E-state index in [-0.39, 0.29) is 17.7 Å². The highest BCUT2D eigenvalue weighted by molar-refractivity contribution is 6.33. The van der Waals surface area contributed by atoms with Crippen molar-refractivity contribution in [2.75, 3.05) is 24.8 Å². The highest BCUT2D eigenvalue weighted by Gasteiger charge is 2.15. The van der Waals surface area contributed by atoms with Gasteiger partial charge in [-0.3, -0.25) is 5.32 Å². The zero-order chi connectivity index (χ0) is 22.2. The van der Waals surface area contributed by atoms with E-state index >= 15 is 0 Å². The number of urea groups is 1. The molecular formula is C22H23ClN6O2. The van der Waals surface area contributed by atoms with Gasteiger partial charge in [0.2, 0.25) is 0 Å². The van der Waals surface area contributed by atoms with Gasteiger partial charge >= 0.3 is 6.03 Å². The number of aromatic nitrogens is 1. The van der Waals surface area contributed by atoms with E-state index in [2.05, 4.69) is 20.6 Å².